The average molecular weight is 388 g/mol. The molecule has 1 fully saturated rings. The average Bonchev–Trinajstić information content (AvgIpc) is 2.79. The van der Waals surface area contributed by atoms with E-state index in [4.69, 9.17) is 23.7 Å². The van der Waals surface area contributed by atoms with Gasteiger partial charge in [-0.25, -0.2) is 0 Å². The Morgan fingerprint density at radius 3 is 1.70 bits per heavy atom. The molecule has 0 amide bonds. The van der Waals surface area contributed by atoms with Crippen LogP contribution in [0.5, 0.6) is 0 Å². The lowest BCUT2D eigenvalue weighted by molar-refractivity contribution is -0.180. The van der Waals surface area contributed by atoms with Gasteiger partial charge < -0.3 is 23.7 Å². The minimum atomic E-state index is -1.09. The van der Waals surface area contributed by atoms with Crippen LogP contribution < -0.4 is 0 Å². The van der Waals surface area contributed by atoms with Gasteiger partial charge in [0.2, 0.25) is 0 Å². The van der Waals surface area contributed by atoms with Crippen LogP contribution in [0.15, 0.2) is 0 Å². The number of carbonyl (C=O) groups is 5. The molecule has 0 radical (unpaired) electrons. The Hall–Kier alpha value is -2.65. The van der Waals surface area contributed by atoms with Crippen LogP contribution in [0.3, 0.4) is 0 Å². The van der Waals surface area contributed by atoms with E-state index in [2.05, 4.69) is 0 Å². The summed E-state index contributed by atoms with van der Waals surface area (Å²) in [5, 5.41) is 0. The van der Waals surface area contributed by atoms with Gasteiger partial charge in [-0.1, -0.05) is 0 Å². The first-order valence-corrected chi connectivity index (χ1v) is 8.33. The molecule has 1 aliphatic carbocycles. The Bertz CT molecular complexity index is 599. The molecule has 10 nitrogen and oxygen atoms in total. The summed E-state index contributed by atoms with van der Waals surface area (Å²) < 4.78 is 25.8. The molecule has 152 valence electrons. The molecule has 0 N–H and O–H groups in total. The van der Waals surface area contributed by atoms with Gasteiger partial charge in [0.1, 0.15) is 24.9 Å². The molecule has 1 saturated carbocycles. The van der Waals surface area contributed by atoms with Crippen molar-refractivity contribution in [3.63, 3.8) is 0 Å². The maximum Gasteiger partial charge on any atom is 0.303 e. The summed E-state index contributed by atoms with van der Waals surface area (Å²) in [6.07, 6.45) is -3.99. The molecule has 5 atom stereocenters. The predicted molar refractivity (Wildman–Crippen MR) is 87.0 cm³/mol. The van der Waals surface area contributed by atoms with Crippen LogP contribution in [0, 0.1) is 5.92 Å². The molecule has 1 aliphatic rings. The largest absolute Gasteiger partial charge is 0.462 e. The second-order valence-electron chi connectivity index (χ2n) is 6.15. The van der Waals surface area contributed by atoms with E-state index in [1.165, 1.54) is 20.8 Å². The monoisotopic (exact) mass is 388 g/mol. The third-order valence-corrected chi connectivity index (χ3v) is 3.78. The summed E-state index contributed by atoms with van der Waals surface area (Å²) >= 11 is 0. The van der Waals surface area contributed by atoms with Crippen LogP contribution >= 0.6 is 0 Å². The second kappa shape index (κ2) is 9.89. The summed E-state index contributed by atoms with van der Waals surface area (Å²) in [6.45, 7) is 5.56. The molecule has 0 unspecified atom stereocenters. The highest BCUT2D eigenvalue weighted by Gasteiger charge is 2.53. The van der Waals surface area contributed by atoms with Crippen molar-refractivity contribution in [2.24, 2.45) is 5.92 Å². The molecular weight excluding hydrogens is 364 g/mol. The van der Waals surface area contributed by atoms with Crippen molar-refractivity contribution in [3.05, 3.63) is 0 Å². The summed E-state index contributed by atoms with van der Waals surface area (Å²) in [4.78, 5) is 57.0. The summed E-state index contributed by atoms with van der Waals surface area (Å²) in [5.41, 5.74) is 0. The van der Waals surface area contributed by atoms with Gasteiger partial charge in [-0.2, -0.15) is 0 Å². The van der Waals surface area contributed by atoms with E-state index >= 15 is 0 Å². The maximum atomic E-state index is 11.6. The molecular formula is C17H24O10. The Kier molecular flexibility index (Phi) is 8.20. The van der Waals surface area contributed by atoms with Crippen LogP contribution in [-0.4, -0.2) is 60.9 Å². The second-order valence-corrected chi connectivity index (χ2v) is 6.15. The first-order valence-electron chi connectivity index (χ1n) is 8.33. The van der Waals surface area contributed by atoms with E-state index in [0.717, 1.165) is 13.8 Å². The van der Waals surface area contributed by atoms with Crippen molar-refractivity contribution in [2.75, 3.05) is 6.61 Å². The van der Waals surface area contributed by atoms with Gasteiger partial charge >= 0.3 is 29.8 Å². The fraction of sp³-hybridized carbons (Fsp3) is 0.706. The SMILES string of the molecule is CC(=O)OC[C@@H](OC(C)=O)[C@@H]1C[C@@H](OC(C)=O)[C@H](OC(C)=O)[C@H]1OC(C)=O. The van der Waals surface area contributed by atoms with Crippen LogP contribution in [-0.2, 0) is 47.7 Å². The van der Waals surface area contributed by atoms with E-state index in [9.17, 15) is 24.0 Å². The van der Waals surface area contributed by atoms with Crippen molar-refractivity contribution >= 4 is 29.8 Å². The highest BCUT2D eigenvalue weighted by atomic mass is 16.6. The number of carbonyl (C=O) groups excluding carboxylic acids is 5. The van der Waals surface area contributed by atoms with Crippen molar-refractivity contribution < 1.29 is 47.7 Å². The highest BCUT2D eigenvalue weighted by molar-refractivity contribution is 5.69. The predicted octanol–water partition coefficient (Wildman–Crippen LogP) is 0.296. The maximum absolute atomic E-state index is 11.6. The first kappa shape index (κ1) is 22.4. The molecule has 0 bridgehead atoms. The lowest BCUT2D eigenvalue weighted by Crippen LogP contribution is -2.43. The van der Waals surface area contributed by atoms with Crippen molar-refractivity contribution in [1.29, 1.82) is 0 Å². The zero-order valence-corrected chi connectivity index (χ0v) is 15.9. The van der Waals surface area contributed by atoms with Crippen molar-refractivity contribution in [3.8, 4) is 0 Å². The third-order valence-electron chi connectivity index (χ3n) is 3.78. The van der Waals surface area contributed by atoms with Gasteiger partial charge in [-0.15, -0.1) is 0 Å². The van der Waals surface area contributed by atoms with Gasteiger partial charge in [0.05, 0.1) is 0 Å². The summed E-state index contributed by atoms with van der Waals surface area (Å²) in [6, 6.07) is 0. The molecule has 0 spiro atoms. The van der Waals surface area contributed by atoms with E-state index in [-0.39, 0.29) is 13.0 Å². The van der Waals surface area contributed by atoms with Gasteiger partial charge in [0, 0.05) is 40.5 Å². The molecule has 0 aromatic carbocycles. The van der Waals surface area contributed by atoms with Crippen LogP contribution in [0.2, 0.25) is 0 Å². The standard InChI is InChI=1S/C17H24O10/c1-8(18)23-7-15(25-10(3)20)13-6-14(24-9(2)19)17(27-12(5)22)16(13)26-11(4)21/h13-17H,6-7H2,1-5H3/t13-,14+,15+,16-,17-/m0/s1. The number of ether oxygens (including phenoxy) is 5. The Morgan fingerprint density at radius 2 is 1.26 bits per heavy atom. The molecule has 1 rings (SSSR count). The van der Waals surface area contributed by atoms with E-state index < -0.39 is 60.2 Å². The van der Waals surface area contributed by atoms with Gasteiger partial charge in [0.25, 0.3) is 0 Å². The number of esters is 5. The number of hydrogen-bond donors (Lipinski definition) is 0. The summed E-state index contributed by atoms with van der Waals surface area (Å²) in [5.74, 6) is -3.93. The lowest BCUT2D eigenvalue weighted by atomic mass is 9.98. The topological polar surface area (TPSA) is 132 Å². The van der Waals surface area contributed by atoms with Gasteiger partial charge in [-0.05, 0) is 6.42 Å². The van der Waals surface area contributed by atoms with E-state index in [1.54, 1.807) is 0 Å². The zero-order valence-electron chi connectivity index (χ0n) is 15.9. The van der Waals surface area contributed by atoms with E-state index in [0.29, 0.717) is 0 Å². The first-order chi connectivity index (χ1) is 12.5. The van der Waals surface area contributed by atoms with Crippen molar-refractivity contribution in [2.45, 2.75) is 65.5 Å². The highest BCUT2D eigenvalue weighted by Crippen LogP contribution is 2.37. The molecule has 0 heterocycles. The number of hydrogen-bond acceptors (Lipinski definition) is 10. The molecule has 27 heavy (non-hydrogen) atoms. The van der Waals surface area contributed by atoms with Gasteiger partial charge in [0.15, 0.2) is 6.10 Å². The van der Waals surface area contributed by atoms with Crippen LogP contribution in [0.25, 0.3) is 0 Å². The molecule has 0 saturated heterocycles. The Morgan fingerprint density at radius 1 is 0.741 bits per heavy atom. The van der Waals surface area contributed by atoms with Crippen LogP contribution in [0.4, 0.5) is 0 Å². The Labute approximate surface area is 156 Å². The quantitative estimate of drug-likeness (QED) is 0.443. The third kappa shape index (κ3) is 7.24. The fourth-order valence-corrected chi connectivity index (χ4v) is 3.02. The molecule has 0 aromatic rings. The van der Waals surface area contributed by atoms with Crippen LogP contribution in [0.1, 0.15) is 41.0 Å². The Balaban J connectivity index is 3.20. The zero-order chi connectivity index (χ0) is 20.7. The fourth-order valence-electron chi connectivity index (χ4n) is 3.02. The summed E-state index contributed by atoms with van der Waals surface area (Å²) in [7, 11) is 0. The smallest absolute Gasteiger partial charge is 0.303 e. The normalized spacial score (nSPS) is 25.1. The van der Waals surface area contributed by atoms with E-state index in [1.807, 2.05) is 0 Å². The van der Waals surface area contributed by atoms with Crippen molar-refractivity contribution in [1.82, 2.24) is 0 Å². The lowest BCUT2D eigenvalue weighted by Gasteiger charge is -2.29. The minimum Gasteiger partial charge on any atom is -0.462 e. The molecule has 0 aliphatic heterocycles. The minimum absolute atomic E-state index is 0.0642. The molecule has 10 heteroatoms. The number of rotatable bonds is 7. The van der Waals surface area contributed by atoms with Gasteiger partial charge in [-0.3, -0.25) is 24.0 Å². The molecule has 0 aromatic heterocycles.